The summed E-state index contributed by atoms with van der Waals surface area (Å²) in [6.07, 6.45) is 8.12. The number of imidazole rings is 1. The lowest BCUT2D eigenvalue weighted by Crippen LogP contribution is -2.36. The quantitative estimate of drug-likeness (QED) is 0.439. The van der Waals surface area contributed by atoms with E-state index in [0.29, 0.717) is 25.2 Å². The first-order chi connectivity index (χ1) is 19.5. The summed E-state index contributed by atoms with van der Waals surface area (Å²) in [5.74, 6) is 0.0644. The van der Waals surface area contributed by atoms with Crippen LogP contribution in [-0.4, -0.2) is 70.6 Å². The smallest absolute Gasteiger partial charge is 0.254 e. The third-order valence-corrected chi connectivity index (χ3v) is 8.12. The molecule has 0 N–H and O–H groups in total. The molecule has 8 nitrogen and oxygen atoms in total. The molecule has 5 rings (SSSR count). The fourth-order valence-electron chi connectivity index (χ4n) is 5.92. The minimum atomic E-state index is 0.0155. The molecule has 0 atom stereocenters. The van der Waals surface area contributed by atoms with Gasteiger partial charge >= 0.3 is 0 Å². The number of hydrogen-bond acceptors (Lipinski definition) is 5. The molecule has 1 saturated heterocycles. The number of aromatic nitrogens is 2. The van der Waals surface area contributed by atoms with Gasteiger partial charge in [0.2, 0.25) is 5.91 Å². The number of ether oxygens (including phenoxy) is 1. The number of amides is 2. The summed E-state index contributed by atoms with van der Waals surface area (Å²) < 4.78 is 7.66. The van der Waals surface area contributed by atoms with Crippen LogP contribution in [0.1, 0.15) is 73.9 Å². The van der Waals surface area contributed by atoms with Gasteiger partial charge < -0.3 is 19.1 Å². The Balaban J connectivity index is 1.45. The van der Waals surface area contributed by atoms with Crippen LogP contribution >= 0.6 is 0 Å². The maximum atomic E-state index is 13.9. The zero-order valence-corrected chi connectivity index (χ0v) is 24.1. The maximum Gasteiger partial charge on any atom is 0.254 e. The van der Waals surface area contributed by atoms with E-state index in [1.165, 1.54) is 5.56 Å². The topological polar surface area (TPSA) is 70.9 Å². The van der Waals surface area contributed by atoms with Gasteiger partial charge in [-0.2, -0.15) is 0 Å². The molecule has 0 unspecified atom stereocenters. The Bertz CT molecular complexity index is 1310. The second-order valence-electron chi connectivity index (χ2n) is 11.2. The summed E-state index contributed by atoms with van der Waals surface area (Å²) in [5.41, 5.74) is 5.71. The van der Waals surface area contributed by atoms with E-state index in [1.54, 1.807) is 6.92 Å². The lowest BCUT2D eigenvalue weighted by atomic mass is 10.0. The number of rotatable bonds is 5. The monoisotopic (exact) mass is 545 g/mol. The lowest BCUT2D eigenvalue weighted by molar-refractivity contribution is -0.116. The SMILES string of the molecule is CCCn1cnc2cc(C(=O)N3CCCCCCCN(C(C)=O)c4cc(CN5CCOCC5)ccc4C3)ccc21. The molecule has 0 saturated carbocycles. The Labute approximate surface area is 237 Å². The number of morpholine rings is 1. The molecule has 8 heteroatoms. The second-order valence-corrected chi connectivity index (χ2v) is 11.2. The van der Waals surface area contributed by atoms with Gasteiger partial charge in [-0.1, -0.05) is 38.3 Å². The van der Waals surface area contributed by atoms with Crippen LogP contribution < -0.4 is 4.90 Å². The van der Waals surface area contributed by atoms with Gasteiger partial charge in [0.05, 0.1) is 30.6 Å². The van der Waals surface area contributed by atoms with Crippen molar-refractivity contribution in [3.05, 3.63) is 59.4 Å². The molecule has 2 aromatic carbocycles. The van der Waals surface area contributed by atoms with E-state index in [0.717, 1.165) is 100 Å². The fraction of sp³-hybridized carbons (Fsp3) is 0.531. The summed E-state index contributed by atoms with van der Waals surface area (Å²) in [7, 11) is 0. The Morgan fingerprint density at radius 1 is 0.925 bits per heavy atom. The number of aryl methyl sites for hydroxylation is 1. The maximum absolute atomic E-state index is 13.9. The van der Waals surface area contributed by atoms with E-state index in [2.05, 4.69) is 39.6 Å². The number of benzene rings is 2. The summed E-state index contributed by atoms with van der Waals surface area (Å²) in [5, 5.41) is 0. The van der Waals surface area contributed by atoms with Crippen LogP contribution in [-0.2, 0) is 29.2 Å². The van der Waals surface area contributed by atoms with Gasteiger partial charge in [0.15, 0.2) is 0 Å². The largest absolute Gasteiger partial charge is 0.379 e. The predicted octanol–water partition coefficient (Wildman–Crippen LogP) is 5.24. The van der Waals surface area contributed by atoms with Crippen LogP contribution in [0.25, 0.3) is 11.0 Å². The highest BCUT2D eigenvalue weighted by Crippen LogP contribution is 2.28. The summed E-state index contributed by atoms with van der Waals surface area (Å²) in [4.78, 5) is 37.7. The molecule has 2 amide bonds. The number of fused-ring (bicyclic) bond motifs is 2. The van der Waals surface area contributed by atoms with Gasteiger partial charge in [0, 0.05) is 64.0 Å². The van der Waals surface area contributed by atoms with Crippen LogP contribution in [0.5, 0.6) is 0 Å². The highest BCUT2D eigenvalue weighted by atomic mass is 16.5. The van der Waals surface area contributed by atoms with E-state index in [4.69, 9.17) is 4.74 Å². The fourth-order valence-corrected chi connectivity index (χ4v) is 5.92. The van der Waals surface area contributed by atoms with E-state index < -0.39 is 0 Å². The molecule has 0 aliphatic carbocycles. The zero-order chi connectivity index (χ0) is 27.9. The molecule has 3 aromatic rings. The Morgan fingerprint density at radius 3 is 2.48 bits per heavy atom. The highest BCUT2D eigenvalue weighted by Gasteiger charge is 2.23. The van der Waals surface area contributed by atoms with Crippen LogP contribution in [0.4, 0.5) is 5.69 Å². The van der Waals surface area contributed by atoms with Gasteiger partial charge in [0.25, 0.3) is 5.91 Å². The molecule has 2 aliphatic rings. The second kappa shape index (κ2) is 13.4. The summed E-state index contributed by atoms with van der Waals surface area (Å²) in [6, 6.07) is 12.3. The molecule has 40 heavy (non-hydrogen) atoms. The Kier molecular flexibility index (Phi) is 9.49. The Morgan fingerprint density at radius 2 is 1.70 bits per heavy atom. The minimum Gasteiger partial charge on any atom is -0.379 e. The third-order valence-electron chi connectivity index (χ3n) is 8.12. The van der Waals surface area contributed by atoms with Crippen molar-refractivity contribution in [2.45, 2.75) is 72.0 Å². The number of carbonyl (C=O) groups is 2. The molecule has 0 bridgehead atoms. The van der Waals surface area contributed by atoms with Crippen molar-refractivity contribution in [1.29, 1.82) is 0 Å². The molecule has 3 heterocycles. The van der Waals surface area contributed by atoms with Gasteiger partial charge in [-0.25, -0.2) is 4.98 Å². The van der Waals surface area contributed by atoms with Crippen molar-refractivity contribution in [3.8, 4) is 0 Å². The molecule has 2 aliphatic heterocycles. The first kappa shape index (κ1) is 28.3. The van der Waals surface area contributed by atoms with Crippen molar-refractivity contribution in [2.75, 3.05) is 44.3 Å². The molecule has 0 radical (unpaired) electrons. The predicted molar refractivity (Wildman–Crippen MR) is 158 cm³/mol. The minimum absolute atomic E-state index is 0.0155. The summed E-state index contributed by atoms with van der Waals surface area (Å²) >= 11 is 0. The van der Waals surface area contributed by atoms with Crippen molar-refractivity contribution in [1.82, 2.24) is 19.4 Å². The van der Waals surface area contributed by atoms with Crippen LogP contribution in [0, 0.1) is 0 Å². The lowest BCUT2D eigenvalue weighted by Gasteiger charge is -2.30. The van der Waals surface area contributed by atoms with Crippen molar-refractivity contribution < 1.29 is 14.3 Å². The van der Waals surface area contributed by atoms with E-state index in [-0.39, 0.29) is 11.8 Å². The number of hydrogen-bond donors (Lipinski definition) is 0. The average Bonchev–Trinajstić information content (AvgIpc) is 3.36. The van der Waals surface area contributed by atoms with Gasteiger partial charge in [-0.15, -0.1) is 0 Å². The zero-order valence-electron chi connectivity index (χ0n) is 24.1. The van der Waals surface area contributed by atoms with Crippen LogP contribution in [0.3, 0.4) is 0 Å². The normalized spacial score (nSPS) is 17.8. The molecule has 214 valence electrons. The van der Waals surface area contributed by atoms with Gasteiger partial charge in [0.1, 0.15) is 0 Å². The first-order valence-corrected chi connectivity index (χ1v) is 15.0. The average molecular weight is 546 g/mol. The van der Waals surface area contributed by atoms with Crippen molar-refractivity contribution >= 4 is 28.5 Å². The van der Waals surface area contributed by atoms with E-state index >= 15 is 0 Å². The van der Waals surface area contributed by atoms with E-state index in [1.807, 2.05) is 34.3 Å². The standard InChI is InChI=1S/C32H43N5O3/c1-3-13-36-24-33-29-21-27(11-12-30(29)36)32(39)35-14-7-5-4-6-8-15-37(25(2)38)31-20-26(9-10-28(31)23-35)22-34-16-18-40-19-17-34/h9-12,20-21,24H,3-8,13-19,22-23H2,1-2H3. The van der Waals surface area contributed by atoms with Crippen LogP contribution in [0.15, 0.2) is 42.7 Å². The van der Waals surface area contributed by atoms with Crippen molar-refractivity contribution in [3.63, 3.8) is 0 Å². The van der Waals surface area contributed by atoms with E-state index in [9.17, 15) is 9.59 Å². The number of nitrogens with zero attached hydrogens (tertiary/aromatic N) is 5. The highest BCUT2D eigenvalue weighted by molar-refractivity contribution is 5.98. The van der Waals surface area contributed by atoms with Crippen LogP contribution in [0.2, 0.25) is 0 Å². The summed E-state index contributed by atoms with van der Waals surface area (Å²) in [6.45, 7) is 10.7. The molecular weight excluding hydrogens is 502 g/mol. The molecule has 1 aromatic heterocycles. The van der Waals surface area contributed by atoms with Crippen molar-refractivity contribution in [2.24, 2.45) is 0 Å². The molecule has 0 spiro atoms. The molecule has 1 fully saturated rings. The molecular formula is C32H43N5O3. The van der Waals surface area contributed by atoms with Gasteiger partial charge in [-0.05, 0) is 54.7 Å². The first-order valence-electron chi connectivity index (χ1n) is 15.0. The number of carbonyl (C=O) groups excluding carboxylic acids is 2. The Hall–Kier alpha value is -3.23. The van der Waals surface area contributed by atoms with Gasteiger partial charge in [-0.3, -0.25) is 14.5 Å². The third kappa shape index (κ3) is 6.73. The number of anilines is 1.